The average Bonchev–Trinajstić information content (AvgIpc) is 2.44. The fraction of sp³-hybridized carbons (Fsp3) is 0.200. The molecule has 0 aliphatic rings. The van der Waals surface area contributed by atoms with Gasteiger partial charge in [-0.05, 0) is 48.2 Å². The summed E-state index contributed by atoms with van der Waals surface area (Å²) in [5, 5.41) is 2.33. The Bertz CT molecular complexity index is 631. The summed E-state index contributed by atoms with van der Waals surface area (Å²) in [5.74, 6) is 5.64. The molecule has 2 aromatic rings. The molecule has 0 aliphatic carbocycles. The van der Waals surface area contributed by atoms with Gasteiger partial charge >= 0.3 is 0 Å². The molecule has 0 saturated heterocycles. The molecule has 0 heterocycles. The summed E-state index contributed by atoms with van der Waals surface area (Å²) in [4.78, 5) is 0. The Morgan fingerprint density at radius 2 is 1.62 bits per heavy atom. The molecule has 3 N–H and O–H groups in total. The number of hydrogen-bond donors (Lipinski definition) is 2. The Balaban J connectivity index is 2.10. The SMILES string of the molecule is NNC(Cc1ccc(Cl)c(Cl)c1)Cc1ccc(Cl)cc1Cl. The van der Waals surface area contributed by atoms with Gasteiger partial charge in [-0.2, -0.15) is 0 Å². The second-order valence-electron chi connectivity index (χ2n) is 4.76. The number of benzene rings is 2. The lowest BCUT2D eigenvalue weighted by Gasteiger charge is -2.17. The van der Waals surface area contributed by atoms with Gasteiger partial charge in [-0.25, -0.2) is 0 Å². The summed E-state index contributed by atoms with van der Waals surface area (Å²) in [7, 11) is 0. The van der Waals surface area contributed by atoms with E-state index in [-0.39, 0.29) is 6.04 Å². The Hall–Kier alpha value is -0.480. The minimum atomic E-state index is 0.0286. The molecule has 0 bridgehead atoms. The molecule has 2 nitrogen and oxygen atoms in total. The quantitative estimate of drug-likeness (QED) is 0.584. The average molecular weight is 364 g/mol. The summed E-state index contributed by atoms with van der Waals surface area (Å²) < 4.78 is 0. The monoisotopic (exact) mass is 362 g/mol. The van der Waals surface area contributed by atoms with Gasteiger partial charge in [0.05, 0.1) is 10.0 Å². The lowest BCUT2D eigenvalue weighted by atomic mass is 9.99. The Labute approximate surface area is 144 Å². The van der Waals surface area contributed by atoms with E-state index in [1.165, 1.54) is 0 Å². The van der Waals surface area contributed by atoms with Crippen molar-refractivity contribution in [1.82, 2.24) is 5.43 Å². The van der Waals surface area contributed by atoms with Gasteiger partial charge in [0, 0.05) is 16.1 Å². The standard InChI is InChI=1S/C15H14Cl4N2/c16-11-3-2-10(14(18)8-11)7-12(21-20)5-9-1-4-13(17)15(19)6-9/h1-4,6,8,12,21H,5,7,20H2. The van der Waals surface area contributed by atoms with Crippen molar-refractivity contribution in [2.24, 2.45) is 5.84 Å². The van der Waals surface area contributed by atoms with Gasteiger partial charge < -0.3 is 0 Å². The van der Waals surface area contributed by atoms with Gasteiger partial charge in [0.2, 0.25) is 0 Å². The fourth-order valence-corrected chi connectivity index (χ4v) is 2.90. The third kappa shape index (κ3) is 4.75. The number of halogens is 4. The largest absolute Gasteiger partial charge is 0.271 e. The molecule has 0 radical (unpaired) electrons. The van der Waals surface area contributed by atoms with Gasteiger partial charge in [0.25, 0.3) is 0 Å². The summed E-state index contributed by atoms with van der Waals surface area (Å²) in [5.41, 5.74) is 4.85. The van der Waals surface area contributed by atoms with Crippen LogP contribution in [0, 0.1) is 0 Å². The number of hydrazine groups is 1. The third-order valence-electron chi connectivity index (χ3n) is 3.18. The second-order valence-corrected chi connectivity index (χ2v) is 6.41. The molecule has 21 heavy (non-hydrogen) atoms. The molecular formula is C15H14Cl4N2. The van der Waals surface area contributed by atoms with Crippen LogP contribution in [0.5, 0.6) is 0 Å². The molecule has 2 rings (SSSR count). The molecule has 2 aromatic carbocycles. The molecule has 0 aromatic heterocycles. The smallest absolute Gasteiger partial charge is 0.0595 e. The van der Waals surface area contributed by atoms with E-state index in [1.54, 1.807) is 12.1 Å². The Kier molecular flexibility index (Phi) is 6.18. The molecule has 0 spiro atoms. The molecule has 6 heteroatoms. The van der Waals surface area contributed by atoms with E-state index in [9.17, 15) is 0 Å². The predicted octanol–water partition coefficient (Wildman–Crippen LogP) is 4.92. The van der Waals surface area contributed by atoms with E-state index in [2.05, 4.69) is 5.43 Å². The predicted molar refractivity (Wildman–Crippen MR) is 91.4 cm³/mol. The highest BCUT2D eigenvalue weighted by Gasteiger charge is 2.12. The van der Waals surface area contributed by atoms with Crippen molar-refractivity contribution in [3.8, 4) is 0 Å². The van der Waals surface area contributed by atoms with Gasteiger partial charge in [-0.15, -0.1) is 0 Å². The van der Waals surface area contributed by atoms with E-state index in [1.807, 2.05) is 24.3 Å². The van der Waals surface area contributed by atoms with E-state index >= 15 is 0 Å². The van der Waals surface area contributed by atoms with Gasteiger partial charge in [0.15, 0.2) is 0 Å². The summed E-state index contributed by atoms with van der Waals surface area (Å²) in [6.07, 6.45) is 1.40. The van der Waals surface area contributed by atoms with Crippen LogP contribution in [0.25, 0.3) is 0 Å². The molecule has 0 amide bonds. The number of rotatable bonds is 5. The summed E-state index contributed by atoms with van der Waals surface area (Å²) >= 11 is 24.0. The first-order valence-electron chi connectivity index (χ1n) is 6.33. The van der Waals surface area contributed by atoms with Crippen LogP contribution in [0.15, 0.2) is 36.4 Å². The van der Waals surface area contributed by atoms with Crippen molar-refractivity contribution >= 4 is 46.4 Å². The summed E-state index contributed by atoms with van der Waals surface area (Å²) in [6.45, 7) is 0. The van der Waals surface area contributed by atoms with Crippen LogP contribution in [-0.4, -0.2) is 6.04 Å². The maximum absolute atomic E-state index is 6.19. The molecule has 1 unspecified atom stereocenters. The number of nitrogens with one attached hydrogen (secondary N) is 1. The minimum Gasteiger partial charge on any atom is -0.271 e. The molecule has 112 valence electrons. The maximum Gasteiger partial charge on any atom is 0.0595 e. The van der Waals surface area contributed by atoms with Crippen LogP contribution in [0.3, 0.4) is 0 Å². The molecule has 0 saturated carbocycles. The highest BCUT2D eigenvalue weighted by Crippen LogP contribution is 2.25. The van der Waals surface area contributed by atoms with Gasteiger partial charge in [-0.1, -0.05) is 58.5 Å². The van der Waals surface area contributed by atoms with E-state index < -0.39 is 0 Å². The number of nitrogens with two attached hydrogens (primary N) is 1. The zero-order chi connectivity index (χ0) is 15.4. The summed E-state index contributed by atoms with van der Waals surface area (Å²) in [6, 6.07) is 11.0. The van der Waals surface area contributed by atoms with Crippen molar-refractivity contribution in [3.05, 3.63) is 67.6 Å². The zero-order valence-electron chi connectivity index (χ0n) is 11.0. The van der Waals surface area contributed by atoms with Crippen molar-refractivity contribution in [2.45, 2.75) is 18.9 Å². The van der Waals surface area contributed by atoms with Crippen LogP contribution in [0.2, 0.25) is 20.1 Å². The lowest BCUT2D eigenvalue weighted by molar-refractivity contribution is 0.522. The molecule has 0 fully saturated rings. The normalized spacial score (nSPS) is 12.4. The van der Waals surface area contributed by atoms with E-state index in [4.69, 9.17) is 52.2 Å². The van der Waals surface area contributed by atoms with Crippen LogP contribution in [0.4, 0.5) is 0 Å². The maximum atomic E-state index is 6.19. The second kappa shape index (κ2) is 7.68. The van der Waals surface area contributed by atoms with Crippen molar-refractivity contribution in [3.63, 3.8) is 0 Å². The minimum absolute atomic E-state index is 0.0286. The molecular weight excluding hydrogens is 350 g/mol. The van der Waals surface area contributed by atoms with E-state index in [0.29, 0.717) is 32.9 Å². The van der Waals surface area contributed by atoms with E-state index in [0.717, 1.165) is 11.1 Å². The lowest BCUT2D eigenvalue weighted by Crippen LogP contribution is -2.38. The fourth-order valence-electron chi connectivity index (χ4n) is 2.09. The van der Waals surface area contributed by atoms with Gasteiger partial charge in [-0.3, -0.25) is 11.3 Å². The Morgan fingerprint density at radius 1 is 0.857 bits per heavy atom. The van der Waals surface area contributed by atoms with Crippen LogP contribution < -0.4 is 11.3 Å². The van der Waals surface area contributed by atoms with Crippen molar-refractivity contribution in [1.29, 1.82) is 0 Å². The first kappa shape index (κ1) is 16.9. The van der Waals surface area contributed by atoms with Gasteiger partial charge in [0.1, 0.15) is 0 Å². The van der Waals surface area contributed by atoms with Crippen LogP contribution in [0.1, 0.15) is 11.1 Å². The number of hydrogen-bond acceptors (Lipinski definition) is 2. The Morgan fingerprint density at radius 3 is 2.24 bits per heavy atom. The highest BCUT2D eigenvalue weighted by molar-refractivity contribution is 6.42. The van der Waals surface area contributed by atoms with Crippen molar-refractivity contribution in [2.75, 3.05) is 0 Å². The topological polar surface area (TPSA) is 38.0 Å². The van der Waals surface area contributed by atoms with Crippen molar-refractivity contribution < 1.29 is 0 Å². The molecule has 0 aliphatic heterocycles. The highest BCUT2D eigenvalue weighted by atomic mass is 35.5. The van der Waals surface area contributed by atoms with Crippen LogP contribution in [-0.2, 0) is 12.8 Å². The zero-order valence-corrected chi connectivity index (χ0v) is 14.1. The third-order valence-corrected chi connectivity index (χ3v) is 4.51. The first-order chi connectivity index (χ1) is 9.99. The van der Waals surface area contributed by atoms with Crippen LogP contribution >= 0.6 is 46.4 Å². The first-order valence-corrected chi connectivity index (χ1v) is 7.84. The molecule has 1 atom stereocenters.